The van der Waals surface area contributed by atoms with Gasteiger partial charge in [0, 0.05) is 6.42 Å². The predicted molar refractivity (Wildman–Crippen MR) is 70.0 cm³/mol. The van der Waals surface area contributed by atoms with Crippen LogP contribution in [0.2, 0.25) is 0 Å². The van der Waals surface area contributed by atoms with Crippen molar-refractivity contribution < 1.29 is 24.4 Å². The van der Waals surface area contributed by atoms with Gasteiger partial charge in [0.1, 0.15) is 17.8 Å². The Morgan fingerprint density at radius 1 is 1.38 bits per heavy atom. The molecule has 3 atom stereocenters. The van der Waals surface area contributed by atoms with Gasteiger partial charge < -0.3 is 24.4 Å². The zero-order valence-electron chi connectivity index (χ0n) is 11.6. The molecule has 114 valence electrons. The van der Waals surface area contributed by atoms with Crippen LogP contribution in [0.25, 0.3) is 11.2 Å². The van der Waals surface area contributed by atoms with E-state index in [4.69, 9.17) is 14.2 Å². The lowest BCUT2D eigenvalue weighted by atomic mass is 10.2. The molecule has 0 unspecified atom stereocenters. The lowest BCUT2D eigenvalue weighted by Crippen LogP contribution is -2.24. The average molecular weight is 296 g/mol. The molecule has 21 heavy (non-hydrogen) atoms. The number of imidazole rings is 1. The number of hydrogen-bond acceptors (Lipinski definition) is 8. The van der Waals surface area contributed by atoms with Crippen LogP contribution in [0.3, 0.4) is 0 Å². The van der Waals surface area contributed by atoms with Crippen molar-refractivity contribution in [3.8, 4) is 12.0 Å². The van der Waals surface area contributed by atoms with E-state index in [1.54, 1.807) is 4.57 Å². The molecule has 0 aromatic carbocycles. The Hall–Kier alpha value is -1.97. The molecule has 0 radical (unpaired) electrons. The smallest absolute Gasteiger partial charge is 0.318 e. The third kappa shape index (κ3) is 2.28. The number of aromatic nitrogens is 4. The molecule has 2 aromatic rings. The van der Waals surface area contributed by atoms with Crippen LogP contribution in [-0.2, 0) is 4.74 Å². The van der Waals surface area contributed by atoms with E-state index in [0.29, 0.717) is 23.6 Å². The summed E-state index contributed by atoms with van der Waals surface area (Å²) >= 11 is 0. The number of methoxy groups -OCH3 is 2. The largest absolute Gasteiger partial charge is 0.468 e. The fourth-order valence-corrected chi connectivity index (χ4v) is 2.39. The summed E-state index contributed by atoms with van der Waals surface area (Å²) in [5, 5.41) is 19.1. The molecule has 3 rings (SSSR count). The van der Waals surface area contributed by atoms with E-state index in [9.17, 15) is 10.2 Å². The molecule has 0 bridgehead atoms. The first-order valence-corrected chi connectivity index (χ1v) is 6.45. The molecule has 0 saturated carbocycles. The molecule has 9 nitrogen and oxygen atoms in total. The first kappa shape index (κ1) is 14.0. The highest BCUT2D eigenvalue weighted by molar-refractivity contribution is 5.71. The molecular formula is C12H16N4O5. The summed E-state index contributed by atoms with van der Waals surface area (Å²) in [6, 6.07) is 0.492. The SMILES string of the molecule is COc1ncc2nc(OC)n([C@@H]3C[C@@H](O)[C@H](CO)O3)c2n1. The zero-order valence-corrected chi connectivity index (χ0v) is 11.6. The average Bonchev–Trinajstić information content (AvgIpc) is 3.05. The summed E-state index contributed by atoms with van der Waals surface area (Å²) in [5.74, 6) is 0. The van der Waals surface area contributed by atoms with Crippen molar-refractivity contribution in [2.24, 2.45) is 0 Å². The number of aliphatic hydroxyl groups is 2. The number of rotatable bonds is 4. The van der Waals surface area contributed by atoms with Crippen molar-refractivity contribution in [3.05, 3.63) is 6.20 Å². The molecule has 0 amide bonds. The van der Waals surface area contributed by atoms with E-state index in [-0.39, 0.29) is 12.6 Å². The topological polar surface area (TPSA) is 112 Å². The predicted octanol–water partition coefficient (Wildman–Crippen LogP) is -0.516. The van der Waals surface area contributed by atoms with Gasteiger partial charge in [0.25, 0.3) is 0 Å². The maximum absolute atomic E-state index is 9.88. The molecule has 2 N–H and O–H groups in total. The summed E-state index contributed by atoms with van der Waals surface area (Å²) in [5.41, 5.74) is 1.01. The summed E-state index contributed by atoms with van der Waals surface area (Å²) in [7, 11) is 2.95. The van der Waals surface area contributed by atoms with E-state index in [2.05, 4.69) is 15.0 Å². The van der Waals surface area contributed by atoms with Crippen LogP contribution in [0.1, 0.15) is 12.6 Å². The second kappa shape index (κ2) is 5.43. The van der Waals surface area contributed by atoms with Crippen molar-refractivity contribution in [1.29, 1.82) is 0 Å². The van der Waals surface area contributed by atoms with E-state index in [0.717, 1.165) is 0 Å². The van der Waals surface area contributed by atoms with Crippen LogP contribution >= 0.6 is 0 Å². The van der Waals surface area contributed by atoms with Crippen LogP contribution in [0, 0.1) is 0 Å². The minimum absolute atomic E-state index is 0.198. The Balaban J connectivity index is 2.07. The van der Waals surface area contributed by atoms with Gasteiger partial charge in [-0.25, -0.2) is 4.98 Å². The second-order valence-electron chi connectivity index (χ2n) is 4.65. The molecule has 0 spiro atoms. The zero-order chi connectivity index (χ0) is 15.0. The Morgan fingerprint density at radius 2 is 2.19 bits per heavy atom. The van der Waals surface area contributed by atoms with Crippen LogP contribution in [0.5, 0.6) is 12.0 Å². The molecule has 3 heterocycles. The van der Waals surface area contributed by atoms with Crippen LogP contribution in [0.15, 0.2) is 6.20 Å². The van der Waals surface area contributed by atoms with Crippen molar-refractivity contribution in [1.82, 2.24) is 19.5 Å². The summed E-state index contributed by atoms with van der Waals surface area (Å²) in [4.78, 5) is 12.5. The van der Waals surface area contributed by atoms with Gasteiger partial charge in [-0.3, -0.25) is 4.57 Å². The Bertz CT molecular complexity index is 646. The number of aliphatic hydroxyl groups excluding tert-OH is 2. The van der Waals surface area contributed by atoms with Crippen LogP contribution in [0.4, 0.5) is 0 Å². The quantitative estimate of drug-likeness (QED) is 0.775. The lowest BCUT2D eigenvalue weighted by molar-refractivity contribution is -0.0451. The highest BCUT2D eigenvalue weighted by Gasteiger charge is 2.37. The van der Waals surface area contributed by atoms with Gasteiger partial charge in [-0.1, -0.05) is 0 Å². The van der Waals surface area contributed by atoms with Crippen molar-refractivity contribution >= 4 is 11.2 Å². The molecule has 0 aliphatic carbocycles. The molecule has 1 fully saturated rings. The summed E-state index contributed by atoms with van der Waals surface area (Å²) in [6.45, 7) is -0.259. The molecule has 9 heteroatoms. The number of fused-ring (bicyclic) bond motifs is 1. The third-order valence-electron chi connectivity index (χ3n) is 3.42. The molecule has 2 aromatic heterocycles. The van der Waals surface area contributed by atoms with Gasteiger partial charge in [-0.05, 0) is 0 Å². The van der Waals surface area contributed by atoms with Gasteiger partial charge in [-0.2, -0.15) is 9.97 Å². The lowest BCUT2D eigenvalue weighted by Gasteiger charge is -2.15. The number of ether oxygens (including phenoxy) is 3. The monoisotopic (exact) mass is 296 g/mol. The second-order valence-corrected chi connectivity index (χ2v) is 4.65. The minimum Gasteiger partial charge on any atom is -0.468 e. The highest BCUT2D eigenvalue weighted by atomic mass is 16.6. The van der Waals surface area contributed by atoms with Gasteiger partial charge >= 0.3 is 12.0 Å². The first-order chi connectivity index (χ1) is 10.2. The van der Waals surface area contributed by atoms with Gasteiger partial charge in [-0.15, -0.1) is 0 Å². The van der Waals surface area contributed by atoms with Gasteiger partial charge in [0.2, 0.25) is 0 Å². The summed E-state index contributed by atoms with van der Waals surface area (Å²) in [6.07, 6.45) is -0.0995. The van der Waals surface area contributed by atoms with Gasteiger partial charge in [0.15, 0.2) is 5.65 Å². The van der Waals surface area contributed by atoms with E-state index < -0.39 is 18.4 Å². The highest BCUT2D eigenvalue weighted by Crippen LogP contribution is 2.34. The standard InChI is InChI=1S/C12H16N4O5/c1-19-11-13-4-6-10(15-11)16(12(14-6)20-2)9-3-7(18)8(5-17)21-9/h4,7-9,17-18H,3,5H2,1-2H3/t7-,8+,9+/m1/s1. The Labute approximate surface area is 120 Å². The first-order valence-electron chi connectivity index (χ1n) is 6.45. The fraction of sp³-hybridized carbons (Fsp3) is 0.583. The normalized spacial score (nSPS) is 25.4. The maximum Gasteiger partial charge on any atom is 0.318 e. The van der Waals surface area contributed by atoms with E-state index in [1.807, 2.05) is 0 Å². The molecule has 1 aliphatic rings. The van der Waals surface area contributed by atoms with Crippen molar-refractivity contribution in [3.63, 3.8) is 0 Å². The van der Waals surface area contributed by atoms with Crippen molar-refractivity contribution in [2.45, 2.75) is 24.9 Å². The summed E-state index contributed by atoms with van der Waals surface area (Å²) < 4.78 is 17.5. The van der Waals surface area contributed by atoms with E-state index in [1.165, 1.54) is 20.4 Å². The van der Waals surface area contributed by atoms with Gasteiger partial charge in [0.05, 0.1) is 33.1 Å². The fourth-order valence-electron chi connectivity index (χ4n) is 2.39. The third-order valence-corrected chi connectivity index (χ3v) is 3.42. The minimum atomic E-state index is -0.758. The van der Waals surface area contributed by atoms with E-state index >= 15 is 0 Å². The molecule has 1 saturated heterocycles. The molecular weight excluding hydrogens is 280 g/mol. The molecule has 1 aliphatic heterocycles. The number of hydrogen-bond donors (Lipinski definition) is 2. The van der Waals surface area contributed by atoms with Crippen LogP contribution in [-0.4, -0.2) is 62.8 Å². The Kier molecular flexibility index (Phi) is 3.62. The number of nitrogens with zero attached hydrogens (tertiary/aromatic N) is 4. The maximum atomic E-state index is 9.88. The van der Waals surface area contributed by atoms with Crippen LogP contribution < -0.4 is 9.47 Å². The Morgan fingerprint density at radius 3 is 2.81 bits per heavy atom. The van der Waals surface area contributed by atoms with Crippen molar-refractivity contribution in [2.75, 3.05) is 20.8 Å².